The molecule has 0 saturated heterocycles. The Bertz CT molecular complexity index is 1530. The van der Waals surface area contributed by atoms with Gasteiger partial charge in [-0.2, -0.15) is 0 Å². The average molecular weight is 567 g/mol. The smallest absolute Gasteiger partial charge is 0.255 e. The van der Waals surface area contributed by atoms with Crippen molar-refractivity contribution in [2.75, 3.05) is 5.32 Å². The Kier molecular flexibility index (Phi) is 9.62. The first-order valence-corrected chi connectivity index (χ1v) is 11.8. The molecule has 3 rings (SSSR count). The maximum atomic E-state index is 14.5. The van der Waals surface area contributed by atoms with Gasteiger partial charge in [0.15, 0.2) is 46.5 Å². The zero-order chi connectivity index (χ0) is 29.7. The first-order valence-electron chi connectivity index (χ1n) is 11.8. The number of hydrogen-bond donors (Lipinski definition) is 1. The van der Waals surface area contributed by atoms with Crippen molar-refractivity contribution in [1.82, 2.24) is 0 Å². The molecule has 210 valence electrons. The summed E-state index contributed by atoms with van der Waals surface area (Å²) in [6.07, 6.45) is 3.61. The summed E-state index contributed by atoms with van der Waals surface area (Å²) in [6.45, 7) is 2.85. The van der Waals surface area contributed by atoms with Gasteiger partial charge in [-0.05, 0) is 38.8 Å². The SMILES string of the molecule is CC=Cc1c(F)c(F)c(F)c(CCCC(=O)c2ccc(C(=O)Nc3c(F)c(F)c(F)c(F)c3C=CC)cc2)c1F. The molecule has 1 N–H and O–H groups in total. The molecule has 0 fully saturated rings. The van der Waals surface area contributed by atoms with E-state index in [-0.39, 0.29) is 24.0 Å². The van der Waals surface area contributed by atoms with Crippen molar-refractivity contribution in [1.29, 1.82) is 0 Å². The number of carbonyl (C=O) groups excluding carboxylic acids is 2. The zero-order valence-corrected chi connectivity index (χ0v) is 21.1. The molecule has 0 spiro atoms. The largest absolute Gasteiger partial charge is 0.319 e. The third-order valence-corrected chi connectivity index (χ3v) is 5.90. The lowest BCUT2D eigenvalue weighted by Crippen LogP contribution is -2.16. The zero-order valence-electron chi connectivity index (χ0n) is 21.1. The second-order valence-electron chi connectivity index (χ2n) is 8.50. The number of benzene rings is 3. The summed E-state index contributed by atoms with van der Waals surface area (Å²) in [5.41, 5.74) is -3.14. The molecule has 0 bridgehead atoms. The van der Waals surface area contributed by atoms with E-state index in [4.69, 9.17) is 0 Å². The predicted octanol–water partition coefficient (Wildman–Crippen LogP) is 8.32. The highest BCUT2D eigenvalue weighted by Gasteiger charge is 2.26. The molecule has 3 aromatic rings. The molecule has 0 saturated carbocycles. The van der Waals surface area contributed by atoms with Crippen molar-refractivity contribution < 1.29 is 44.7 Å². The van der Waals surface area contributed by atoms with Gasteiger partial charge >= 0.3 is 0 Å². The molecule has 0 radical (unpaired) electrons. The van der Waals surface area contributed by atoms with E-state index in [0.29, 0.717) is 0 Å². The number of anilines is 1. The minimum atomic E-state index is -2.11. The van der Waals surface area contributed by atoms with Gasteiger partial charge in [0.1, 0.15) is 5.82 Å². The minimum Gasteiger partial charge on any atom is -0.319 e. The molecule has 40 heavy (non-hydrogen) atoms. The maximum Gasteiger partial charge on any atom is 0.255 e. The summed E-state index contributed by atoms with van der Waals surface area (Å²) in [6, 6.07) is 4.75. The summed E-state index contributed by atoms with van der Waals surface area (Å²) < 4.78 is 112. The van der Waals surface area contributed by atoms with Crippen molar-refractivity contribution in [2.24, 2.45) is 0 Å². The van der Waals surface area contributed by atoms with Crippen LogP contribution in [0.25, 0.3) is 12.2 Å². The molecule has 0 unspecified atom stereocenters. The van der Waals surface area contributed by atoms with Gasteiger partial charge < -0.3 is 5.32 Å². The fourth-order valence-electron chi connectivity index (χ4n) is 3.89. The predicted molar refractivity (Wildman–Crippen MR) is 134 cm³/mol. The van der Waals surface area contributed by atoms with Crippen LogP contribution in [-0.4, -0.2) is 11.7 Å². The van der Waals surface area contributed by atoms with Gasteiger partial charge in [0.25, 0.3) is 5.91 Å². The van der Waals surface area contributed by atoms with Gasteiger partial charge in [0.05, 0.1) is 5.69 Å². The van der Waals surface area contributed by atoms with Crippen LogP contribution in [0.15, 0.2) is 36.4 Å². The average Bonchev–Trinajstić information content (AvgIpc) is 2.95. The molecule has 0 aliphatic rings. The lowest BCUT2D eigenvalue weighted by molar-refractivity contribution is 0.0977. The number of amides is 1. The van der Waals surface area contributed by atoms with Crippen molar-refractivity contribution in [3.05, 3.63) is 111 Å². The topological polar surface area (TPSA) is 46.2 Å². The number of halogens is 8. The Hall–Kier alpha value is -4.28. The lowest BCUT2D eigenvalue weighted by Gasteiger charge is -2.13. The number of carbonyl (C=O) groups is 2. The maximum absolute atomic E-state index is 14.5. The molecular formula is C29H21F8NO2. The standard InChI is InChI=1S/C29H21F8NO2/c1-3-6-16-20(30)17(22(32)24(34)21(16)31)8-5-9-19(39)14-10-12-15(13-11-14)29(40)38-28-18(7-4-2)23(33)25(35)26(36)27(28)37/h3-4,6-7,10-13H,5,8-9H2,1-2H3,(H,38,40). The second kappa shape index (κ2) is 12.7. The van der Waals surface area contributed by atoms with Gasteiger partial charge in [-0.15, -0.1) is 0 Å². The van der Waals surface area contributed by atoms with Crippen LogP contribution in [0.4, 0.5) is 40.8 Å². The second-order valence-corrected chi connectivity index (χ2v) is 8.50. The van der Waals surface area contributed by atoms with E-state index < -0.39 is 87.0 Å². The molecule has 1 amide bonds. The van der Waals surface area contributed by atoms with Crippen molar-refractivity contribution in [2.45, 2.75) is 33.1 Å². The lowest BCUT2D eigenvalue weighted by atomic mass is 9.99. The molecule has 0 aromatic heterocycles. The summed E-state index contributed by atoms with van der Waals surface area (Å²) in [5.74, 6) is -15.6. The third kappa shape index (κ3) is 5.98. The van der Waals surface area contributed by atoms with E-state index in [1.807, 2.05) is 5.32 Å². The highest BCUT2D eigenvalue weighted by atomic mass is 19.2. The number of allylic oxidation sites excluding steroid dienone is 2. The highest BCUT2D eigenvalue weighted by Crippen LogP contribution is 2.30. The van der Waals surface area contributed by atoms with E-state index in [2.05, 4.69) is 0 Å². The van der Waals surface area contributed by atoms with Gasteiger partial charge in [-0.25, -0.2) is 35.1 Å². The van der Waals surface area contributed by atoms with Gasteiger partial charge in [0, 0.05) is 34.2 Å². The van der Waals surface area contributed by atoms with E-state index in [9.17, 15) is 44.7 Å². The molecule has 0 aliphatic heterocycles. The summed E-state index contributed by atoms with van der Waals surface area (Å²) in [7, 11) is 0. The van der Waals surface area contributed by atoms with E-state index in [1.54, 1.807) is 0 Å². The molecule has 0 heterocycles. The Morgan fingerprint density at radius 1 is 0.650 bits per heavy atom. The molecular weight excluding hydrogens is 546 g/mol. The Labute approximate surface area is 223 Å². The number of Topliss-reactive ketones (excluding diaryl/α,β-unsaturated/α-hetero) is 1. The van der Waals surface area contributed by atoms with E-state index in [1.165, 1.54) is 38.1 Å². The summed E-state index contributed by atoms with van der Waals surface area (Å²) in [5, 5.41) is 1.99. The van der Waals surface area contributed by atoms with Crippen LogP contribution in [0, 0.1) is 46.5 Å². The monoisotopic (exact) mass is 567 g/mol. The fraction of sp³-hybridized carbons (Fsp3) is 0.172. The number of nitrogens with one attached hydrogen (secondary N) is 1. The Morgan fingerprint density at radius 2 is 1.15 bits per heavy atom. The molecule has 3 aromatic carbocycles. The van der Waals surface area contributed by atoms with Crippen molar-refractivity contribution in [3.8, 4) is 0 Å². The number of ketones is 1. The first kappa shape index (κ1) is 30.3. The summed E-state index contributed by atoms with van der Waals surface area (Å²) >= 11 is 0. The fourth-order valence-corrected chi connectivity index (χ4v) is 3.89. The van der Waals surface area contributed by atoms with Gasteiger partial charge in [0.2, 0.25) is 0 Å². The van der Waals surface area contributed by atoms with E-state index >= 15 is 0 Å². The Balaban J connectivity index is 1.73. The Morgan fingerprint density at radius 3 is 1.75 bits per heavy atom. The van der Waals surface area contributed by atoms with Crippen molar-refractivity contribution >= 4 is 29.5 Å². The molecule has 0 atom stereocenters. The third-order valence-electron chi connectivity index (χ3n) is 5.90. The highest BCUT2D eigenvalue weighted by molar-refractivity contribution is 6.06. The number of rotatable bonds is 9. The van der Waals surface area contributed by atoms with Crippen molar-refractivity contribution in [3.63, 3.8) is 0 Å². The van der Waals surface area contributed by atoms with Crippen LogP contribution in [0.3, 0.4) is 0 Å². The molecule has 3 nitrogen and oxygen atoms in total. The van der Waals surface area contributed by atoms with Crippen LogP contribution in [0.5, 0.6) is 0 Å². The van der Waals surface area contributed by atoms with Gasteiger partial charge in [-0.3, -0.25) is 9.59 Å². The van der Waals surface area contributed by atoms with Crippen LogP contribution in [0.1, 0.15) is 64.1 Å². The van der Waals surface area contributed by atoms with Crippen LogP contribution in [-0.2, 0) is 6.42 Å². The molecule has 11 heteroatoms. The van der Waals surface area contributed by atoms with Crippen LogP contribution >= 0.6 is 0 Å². The van der Waals surface area contributed by atoms with Gasteiger partial charge in [-0.1, -0.05) is 36.4 Å². The van der Waals surface area contributed by atoms with Crippen LogP contribution in [0.2, 0.25) is 0 Å². The van der Waals surface area contributed by atoms with E-state index in [0.717, 1.165) is 24.3 Å². The quantitative estimate of drug-likeness (QED) is 0.122. The van der Waals surface area contributed by atoms with Crippen LogP contribution < -0.4 is 5.32 Å². The minimum absolute atomic E-state index is 0.0806. The molecule has 0 aliphatic carbocycles. The first-order chi connectivity index (χ1) is 18.9. The number of hydrogen-bond acceptors (Lipinski definition) is 2. The summed E-state index contributed by atoms with van der Waals surface area (Å²) in [4.78, 5) is 25.1. The normalized spacial score (nSPS) is 11.6.